The highest BCUT2D eigenvalue weighted by Gasteiger charge is 2.51. The molecule has 8 aromatic carbocycles. The molecule has 2 aliphatic carbocycles. The third-order valence-electron chi connectivity index (χ3n) is 10.8. The molecule has 0 saturated carbocycles. The molecule has 1 spiro atoms. The van der Waals surface area contributed by atoms with Crippen LogP contribution in [0.4, 0.5) is 17.1 Å². The van der Waals surface area contributed by atoms with Crippen LogP contribution in [0.2, 0.25) is 0 Å². The summed E-state index contributed by atoms with van der Waals surface area (Å²) in [4.78, 5) is 2.40. The Kier molecular flexibility index (Phi) is 7.42. The lowest BCUT2D eigenvalue weighted by Gasteiger charge is -2.32. The maximum absolute atomic E-state index is 3.78. The van der Waals surface area contributed by atoms with Gasteiger partial charge in [-0.2, -0.15) is 0 Å². The average molecular weight is 794 g/mol. The van der Waals surface area contributed by atoms with Crippen molar-refractivity contribution in [1.29, 1.82) is 0 Å². The Balaban J connectivity index is 1.18. The number of hydrogen-bond acceptors (Lipinski definition) is 1. The lowest BCUT2D eigenvalue weighted by atomic mass is 9.70. The first-order valence-corrected chi connectivity index (χ1v) is 19.1. The number of nitrogens with zero attached hydrogens (tertiary/aromatic N) is 1. The second kappa shape index (κ2) is 12.3. The summed E-state index contributed by atoms with van der Waals surface area (Å²) in [5, 5.41) is 0. The highest BCUT2D eigenvalue weighted by molar-refractivity contribution is 9.11. The molecule has 0 saturated heterocycles. The van der Waals surface area contributed by atoms with Gasteiger partial charge in [-0.1, -0.05) is 165 Å². The van der Waals surface area contributed by atoms with Gasteiger partial charge in [0.15, 0.2) is 0 Å². The number of benzene rings is 8. The van der Waals surface area contributed by atoms with E-state index in [1.165, 1.54) is 55.6 Å². The van der Waals surface area contributed by atoms with Gasteiger partial charge in [0, 0.05) is 26.0 Å². The van der Waals surface area contributed by atoms with E-state index < -0.39 is 5.41 Å². The highest BCUT2D eigenvalue weighted by Crippen LogP contribution is 2.63. The van der Waals surface area contributed by atoms with E-state index in [9.17, 15) is 0 Å². The molecule has 1 nitrogen and oxygen atoms in total. The van der Waals surface area contributed by atoms with Crippen LogP contribution in [0.3, 0.4) is 0 Å². The van der Waals surface area contributed by atoms with Gasteiger partial charge < -0.3 is 4.90 Å². The van der Waals surface area contributed by atoms with Gasteiger partial charge in [0.2, 0.25) is 0 Å². The molecule has 0 heterocycles. The normalized spacial score (nSPS) is 13.0. The molecule has 52 heavy (non-hydrogen) atoms. The molecule has 3 heteroatoms. The van der Waals surface area contributed by atoms with Gasteiger partial charge in [0.25, 0.3) is 0 Å². The quantitative estimate of drug-likeness (QED) is 0.168. The minimum Gasteiger partial charge on any atom is -0.310 e. The van der Waals surface area contributed by atoms with E-state index in [0.717, 1.165) is 37.1 Å². The molecular formula is C49H31Br2N. The van der Waals surface area contributed by atoms with Crippen LogP contribution < -0.4 is 4.90 Å². The molecule has 2 aliphatic rings. The van der Waals surface area contributed by atoms with Gasteiger partial charge in [-0.15, -0.1) is 0 Å². The molecule has 0 amide bonds. The van der Waals surface area contributed by atoms with Gasteiger partial charge in [0.05, 0.1) is 5.41 Å². The van der Waals surface area contributed by atoms with Gasteiger partial charge in [-0.3, -0.25) is 0 Å². The third kappa shape index (κ3) is 4.73. The number of rotatable bonds is 5. The first-order chi connectivity index (χ1) is 25.6. The summed E-state index contributed by atoms with van der Waals surface area (Å²) < 4.78 is 2.12. The summed E-state index contributed by atoms with van der Waals surface area (Å²) in [6.07, 6.45) is 0. The van der Waals surface area contributed by atoms with E-state index in [4.69, 9.17) is 0 Å². The first kappa shape index (κ1) is 31.3. The van der Waals surface area contributed by atoms with E-state index in [0.29, 0.717) is 0 Å². The van der Waals surface area contributed by atoms with Gasteiger partial charge in [-0.25, -0.2) is 0 Å². The zero-order chi connectivity index (χ0) is 34.8. The Hall–Kier alpha value is -5.48. The fourth-order valence-electron chi connectivity index (χ4n) is 8.61. The average Bonchev–Trinajstić information content (AvgIpc) is 3.67. The van der Waals surface area contributed by atoms with Gasteiger partial charge in [-0.05, 0) is 121 Å². The fraction of sp³-hybridized carbons (Fsp3) is 0.0204. The standard InChI is InChI=1S/C49H31Br2N/c50-35-22-29-48(51)43(30-35)34-20-25-37(26-21-34)52(36-23-18-33(19-24-36)32-10-2-1-3-11-32)38-27-28-42-41-14-6-9-17-46(41)49(47(42)31-38)44-15-7-4-12-39(44)40-13-5-8-16-45(40)49/h1-31H. The van der Waals surface area contributed by atoms with Crippen LogP contribution >= 0.6 is 31.9 Å². The summed E-state index contributed by atoms with van der Waals surface area (Å²) in [6, 6.07) is 68.9. The summed E-state index contributed by atoms with van der Waals surface area (Å²) in [5.74, 6) is 0. The van der Waals surface area contributed by atoms with E-state index in [1.807, 2.05) is 0 Å². The smallest absolute Gasteiger partial charge is 0.0726 e. The van der Waals surface area contributed by atoms with Crippen LogP contribution in [0.5, 0.6) is 0 Å². The van der Waals surface area contributed by atoms with E-state index in [2.05, 4.69) is 225 Å². The Morgan fingerprint density at radius 2 is 0.788 bits per heavy atom. The lowest BCUT2D eigenvalue weighted by molar-refractivity contribution is 0.793. The number of halogens is 2. The fourth-order valence-corrected chi connectivity index (χ4v) is 9.45. The van der Waals surface area contributed by atoms with Crippen molar-refractivity contribution in [3.8, 4) is 44.5 Å². The SMILES string of the molecule is Brc1ccc(Br)c(-c2ccc(N(c3ccc(-c4ccccc4)cc3)c3ccc4c(c3)C3(c5ccccc5-c5ccccc53)c3ccccc3-4)cc2)c1. The van der Waals surface area contributed by atoms with Gasteiger partial charge in [0.1, 0.15) is 0 Å². The highest BCUT2D eigenvalue weighted by atomic mass is 79.9. The van der Waals surface area contributed by atoms with E-state index >= 15 is 0 Å². The maximum atomic E-state index is 3.78. The van der Waals surface area contributed by atoms with Crippen molar-refractivity contribution in [3.05, 3.63) is 219 Å². The topological polar surface area (TPSA) is 3.24 Å². The van der Waals surface area contributed by atoms with Crippen LogP contribution in [0.15, 0.2) is 197 Å². The summed E-state index contributed by atoms with van der Waals surface area (Å²) in [5.41, 5.74) is 18.2. The van der Waals surface area contributed by atoms with Crippen molar-refractivity contribution >= 4 is 48.9 Å². The zero-order valence-corrected chi connectivity index (χ0v) is 31.3. The van der Waals surface area contributed by atoms with Crippen LogP contribution in [-0.4, -0.2) is 0 Å². The minimum absolute atomic E-state index is 0.408. The predicted molar refractivity (Wildman–Crippen MR) is 224 cm³/mol. The van der Waals surface area contributed by atoms with Crippen LogP contribution in [-0.2, 0) is 5.41 Å². The zero-order valence-electron chi connectivity index (χ0n) is 28.1. The molecule has 8 aromatic rings. The third-order valence-corrected chi connectivity index (χ3v) is 12.0. The second-order valence-corrected chi connectivity index (χ2v) is 15.3. The van der Waals surface area contributed by atoms with Gasteiger partial charge >= 0.3 is 0 Å². The van der Waals surface area contributed by atoms with Crippen molar-refractivity contribution in [2.45, 2.75) is 5.41 Å². The van der Waals surface area contributed by atoms with Crippen LogP contribution in [0.25, 0.3) is 44.5 Å². The monoisotopic (exact) mass is 791 g/mol. The van der Waals surface area contributed by atoms with Crippen molar-refractivity contribution in [2.75, 3.05) is 4.90 Å². The second-order valence-electron chi connectivity index (χ2n) is 13.5. The molecule has 10 rings (SSSR count). The van der Waals surface area contributed by atoms with Crippen molar-refractivity contribution in [2.24, 2.45) is 0 Å². The molecule has 0 radical (unpaired) electrons. The van der Waals surface area contributed by atoms with Crippen molar-refractivity contribution in [1.82, 2.24) is 0 Å². The van der Waals surface area contributed by atoms with Crippen LogP contribution in [0.1, 0.15) is 22.3 Å². The molecular weight excluding hydrogens is 762 g/mol. The lowest BCUT2D eigenvalue weighted by Crippen LogP contribution is -2.26. The molecule has 0 bridgehead atoms. The Labute approximate surface area is 321 Å². The Bertz CT molecular complexity index is 2580. The Morgan fingerprint density at radius 3 is 1.37 bits per heavy atom. The first-order valence-electron chi connectivity index (χ1n) is 17.6. The molecule has 0 atom stereocenters. The molecule has 0 fully saturated rings. The number of hydrogen-bond donors (Lipinski definition) is 0. The van der Waals surface area contributed by atoms with Crippen molar-refractivity contribution < 1.29 is 0 Å². The maximum Gasteiger partial charge on any atom is 0.0726 e. The number of anilines is 3. The van der Waals surface area contributed by atoms with Crippen molar-refractivity contribution in [3.63, 3.8) is 0 Å². The van der Waals surface area contributed by atoms with Crippen LogP contribution in [0, 0.1) is 0 Å². The largest absolute Gasteiger partial charge is 0.310 e. The Morgan fingerprint density at radius 1 is 0.327 bits per heavy atom. The molecule has 0 aromatic heterocycles. The molecule has 0 unspecified atom stereocenters. The van der Waals surface area contributed by atoms with E-state index in [1.54, 1.807) is 0 Å². The minimum atomic E-state index is -0.408. The molecule has 0 aliphatic heterocycles. The molecule has 0 N–H and O–H groups in total. The molecule has 246 valence electrons. The summed E-state index contributed by atoms with van der Waals surface area (Å²) in [7, 11) is 0. The number of fused-ring (bicyclic) bond motifs is 10. The predicted octanol–water partition coefficient (Wildman–Crippen LogP) is 14.4. The van der Waals surface area contributed by atoms with E-state index in [-0.39, 0.29) is 0 Å². The summed E-state index contributed by atoms with van der Waals surface area (Å²) in [6.45, 7) is 0. The summed E-state index contributed by atoms with van der Waals surface area (Å²) >= 11 is 7.44.